The van der Waals surface area contributed by atoms with Gasteiger partial charge in [-0.3, -0.25) is 9.79 Å². The number of guanidine groups is 1. The molecule has 0 aromatic heterocycles. The highest BCUT2D eigenvalue weighted by atomic mass is 16.1. The van der Waals surface area contributed by atoms with Gasteiger partial charge in [-0.1, -0.05) is 6.08 Å². The molecule has 84 valence electrons. The fourth-order valence-electron chi connectivity index (χ4n) is 1.46. The van der Waals surface area contributed by atoms with Crippen molar-refractivity contribution in [2.24, 2.45) is 10.7 Å². The number of hydrogen-bond donors (Lipinski definition) is 3. The van der Waals surface area contributed by atoms with Gasteiger partial charge in [0.15, 0.2) is 5.96 Å². The summed E-state index contributed by atoms with van der Waals surface area (Å²) in [4.78, 5) is 15.2. The van der Waals surface area contributed by atoms with Crippen LogP contribution in [0.15, 0.2) is 17.6 Å². The van der Waals surface area contributed by atoms with Gasteiger partial charge in [-0.15, -0.1) is 6.58 Å². The van der Waals surface area contributed by atoms with Crippen LogP contribution in [0.25, 0.3) is 0 Å². The molecule has 1 atom stereocenters. The summed E-state index contributed by atoms with van der Waals surface area (Å²) < 4.78 is 0. The Balaban J connectivity index is 2.28. The van der Waals surface area contributed by atoms with Crippen LogP contribution in [-0.2, 0) is 4.79 Å². The summed E-state index contributed by atoms with van der Waals surface area (Å²) in [5.74, 6) is 0.508. The minimum Gasteiger partial charge on any atom is -0.370 e. The number of rotatable bonds is 4. The first-order valence-corrected chi connectivity index (χ1v) is 5.16. The molecule has 1 heterocycles. The van der Waals surface area contributed by atoms with E-state index in [-0.39, 0.29) is 11.9 Å². The molecule has 0 saturated carbocycles. The molecule has 15 heavy (non-hydrogen) atoms. The van der Waals surface area contributed by atoms with Crippen molar-refractivity contribution < 1.29 is 4.79 Å². The fourth-order valence-corrected chi connectivity index (χ4v) is 1.46. The van der Waals surface area contributed by atoms with Gasteiger partial charge in [-0.05, 0) is 12.8 Å². The van der Waals surface area contributed by atoms with Gasteiger partial charge >= 0.3 is 0 Å². The van der Waals surface area contributed by atoms with Gasteiger partial charge in [-0.25, -0.2) is 0 Å². The van der Waals surface area contributed by atoms with E-state index in [1.807, 2.05) is 0 Å². The number of nitrogens with zero attached hydrogens (tertiary/aromatic N) is 1. The van der Waals surface area contributed by atoms with E-state index in [4.69, 9.17) is 5.73 Å². The molecule has 0 aromatic carbocycles. The molecule has 1 aliphatic rings. The standard InChI is InChI=1S/C10H18N4O/c1-2-6-12-10(11)13-7-8-4-3-5-9(15)14-8/h2,8H,1,3-7H2,(H,14,15)(H3,11,12,13). The number of hydrogen-bond acceptors (Lipinski definition) is 2. The SMILES string of the molecule is C=CCNC(N)=NCC1CCCC(=O)N1. The van der Waals surface area contributed by atoms with Crippen molar-refractivity contribution in [3.8, 4) is 0 Å². The molecule has 0 aliphatic carbocycles. The smallest absolute Gasteiger partial charge is 0.220 e. The topological polar surface area (TPSA) is 79.5 Å². The Morgan fingerprint density at radius 3 is 3.27 bits per heavy atom. The highest BCUT2D eigenvalue weighted by Gasteiger charge is 2.17. The first kappa shape index (κ1) is 11.6. The Morgan fingerprint density at radius 2 is 2.60 bits per heavy atom. The van der Waals surface area contributed by atoms with Gasteiger partial charge in [0, 0.05) is 19.0 Å². The molecule has 0 radical (unpaired) electrons. The van der Waals surface area contributed by atoms with Crippen molar-refractivity contribution in [3.63, 3.8) is 0 Å². The van der Waals surface area contributed by atoms with E-state index in [1.165, 1.54) is 0 Å². The number of carbonyl (C=O) groups is 1. The maximum Gasteiger partial charge on any atom is 0.220 e. The van der Waals surface area contributed by atoms with Crippen LogP contribution >= 0.6 is 0 Å². The molecule has 1 saturated heterocycles. The summed E-state index contributed by atoms with van der Waals surface area (Å²) in [5.41, 5.74) is 5.59. The Labute approximate surface area is 89.8 Å². The molecule has 1 fully saturated rings. The van der Waals surface area contributed by atoms with E-state index >= 15 is 0 Å². The zero-order valence-electron chi connectivity index (χ0n) is 8.83. The lowest BCUT2D eigenvalue weighted by Gasteiger charge is -2.21. The van der Waals surface area contributed by atoms with Gasteiger partial charge in [0.1, 0.15) is 0 Å². The third-order valence-corrected chi connectivity index (χ3v) is 2.23. The first-order chi connectivity index (χ1) is 7.22. The molecule has 0 bridgehead atoms. The summed E-state index contributed by atoms with van der Waals surface area (Å²) in [7, 11) is 0. The van der Waals surface area contributed by atoms with E-state index < -0.39 is 0 Å². The van der Waals surface area contributed by atoms with Crippen LogP contribution in [0.2, 0.25) is 0 Å². The van der Waals surface area contributed by atoms with E-state index in [0.717, 1.165) is 12.8 Å². The monoisotopic (exact) mass is 210 g/mol. The number of piperidine rings is 1. The molecule has 4 N–H and O–H groups in total. The number of aliphatic imine (C=N–C) groups is 1. The van der Waals surface area contributed by atoms with Gasteiger partial charge in [0.2, 0.25) is 5.91 Å². The number of carbonyl (C=O) groups excluding carboxylic acids is 1. The number of nitrogens with two attached hydrogens (primary N) is 1. The Hall–Kier alpha value is -1.52. The second-order valence-corrected chi connectivity index (χ2v) is 3.55. The van der Waals surface area contributed by atoms with E-state index in [1.54, 1.807) is 6.08 Å². The van der Waals surface area contributed by atoms with Crippen LogP contribution in [0, 0.1) is 0 Å². The molecule has 0 spiro atoms. The minimum atomic E-state index is 0.110. The maximum atomic E-state index is 11.1. The summed E-state index contributed by atoms with van der Waals surface area (Å²) in [5, 5.41) is 5.76. The van der Waals surface area contributed by atoms with Crippen LogP contribution in [0.4, 0.5) is 0 Å². The number of nitrogens with one attached hydrogen (secondary N) is 2. The largest absolute Gasteiger partial charge is 0.370 e. The van der Waals surface area contributed by atoms with Crippen LogP contribution < -0.4 is 16.4 Å². The maximum absolute atomic E-state index is 11.1. The summed E-state index contributed by atoms with van der Waals surface area (Å²) in [6.07, 6.45) is 4.26. The van der Waals surface area contributed by atoms with Crippen LogP contribution in [0.1, 0.15) is 19.3 Å². The highest BCUT2D eigenvalue weighted by molar-refractivity contribution is 5.78. The van der Waals surface area contributed by atoms with Crippen molar-refractivity contribution in [2.45, 2.75) is 25.3 Å². The predicted molar refractivity (Wildman–Crippen MR) is 60.5 cm³/mol. The summed E-state index contributed by atoms with van der Waals surface area (Å²) >= 11 is 0. The molecule has 5 heteroatoms. The lowest BCUT2D eigenvalue weighted by molar-refractivity contribution is -0.123. The normalized spacial score (nSPS) is 22.0. The fraction of sp³-hybridized carbons (Fsp3) is 0.600. The van der Waals surface area contributed by atoms with Crippen LogP contribution in [0.3, 0.4) is 0 Å². The van der Waals surface area contributed by atoms with E-state index in [2.05, 4.69) is 22.2 Å². The molecule has 1 aliphatic heterocycles. The second-order valence-electron chi connectivity index (χ2n) is 3.55. The quantitative estimate of drug-likeness (QED) is 0.340. The Bertz CT molecular complexity index is 262. The first-order valence-electron chi connectivity index (χ1n) is 5.16. The Kier molecular flexibility index (Phi) is 4.66. The lowest BCUT2D eigenvalue weighted by atomic mass is 10.0. The van der Waals surface area contributed by atoms with Gasteiger partial charge in [-0.2, -0.15) is 0 Å². The third-order valence-electron chi connectivity index (χ3n) is 2.23. The third kappa shape index (κ3) is 4.49. The van der Waals surface area contributed by atoms with Crippen molar-refractivity contribution in [1.82, 2.24) is 10.6 Å². The Morgan fingerprint density at radius 1 is 1.80 bits per heavy atom. The van der Waals surface area contributed by atoms with Gasteiger partial charge in [0.25, 0.3) is 0 Å². The van der Waals surface area contributed by atoms with Crippen LogP contribution in [0.5, 0.6) is 0 Å². The van der Waals surface area contributed by atoms with E-state index in [0.29, 0.717) is 25.5 Å². The molecule has 1 rings (SSSR count). The van der Waals surface area contributed by atoms with Crippen molar-refractivity contribution in [3.05, 3.63) is 12.7 Å². The summed E-state index contributed by atoms with van der Waals surface area (Å²) in [6.45, 7) is 4.71. The zero-order chi connectivity index (χ0) is 11.1. The molecule has 1 amide bonds. The minimum absolute atomic E-state index is 0.110. The molecule has 0 aromatic rings. The zero-order valence-corrected chi connectivity index (χ0v) is 8.83. The van der Waals surface area contributed by atoms with Crippen molar-refractivity contribution in [2.75, 3.05) is 13.1 Å². The molecular weight excluding hydrogens is 192 g/mol. The number of amides is 1. The van der Waals surface area contributed by atoms with Crippen molar-refractivity contribution in [1.29, 1.82) is 0 Å². The predicted octanol–water partition coefficient (Wildman–Crippen LogP) is -0.255. The average molecular weight is 210 g/mol. The van der Waals surface area contributed by atoms with Crippen LogP contribution in [-0.4, -0.2) is 31.0 Å². The van der Waals surface area contributed by atoms with Gasteiger partial charge < -0.3 is 16.4 Å². The molecular formula is C10H18N4O. The lowest BCUT2D eigenvalue weighted by Crippen LogP contribution is -2.41. The second kappa shape index (κ2) is 6.06. The molecule has 1 unspecified atom stereocenters. The molecule has 5 nitrogen and oxygen atoms in total. The summed E-state index contributed by atoms with van der Waals surface area (Å²) in [6, 6.07) is 0.135. The van der Waals surface area contributed by atoms with Gasteiger partial charge in [0.05, 0.1) is 6.54 Å². The average Bonchev–Trinajstić information content (AvgIpc) is 2.23. The van der Waals surface area contributed by atoms with E-state index in [9.17, 15) is 4.79 Å². The highest BCUT2D eigenvalue weighted by Crippen LogP contribution is 2.07. The van der Waals surface area contributed by atoms with Crippen molar-refractivity contribution >= 4 is 11.9 Å².